The Balaban J connectivity index is 1.43. The van der Waals surface area contributed by atoms with Crippen LogP contribution in [0.3, 0.4) is 0 Å². The van der Waals surface area contributed by atoms with Crippen LogP contribution in [0.15, 0.2) is 29.4 Å². The maximum atomic E-state index is 12.8. The molecule has 0 fully saturated rings. The fourth-order valence-electron chi connectivity index (χ4n) is 4.07. The number of halogens is 1. The van der Waals surface area contributed by atoms with E-state index in [9.17, 15) is 9.59 Å². The minimum atomic E-state index is -0.406. The van der Waals surface area contributed by atoms with E-state index in [0.717, 1.165) is 36.1 Å². The van der Waals surface area contributed by atoms with Crippen molar-refractivity contribution in [3.63, 3.8) is 0 Å². The highest BCUT2D eigenvalue weighted by Crippen LogP contribution is 2.38. The number of fused-ring (bicyclic) bond motifs is 1. The van der Waals surface area contributed by atoms with E-state index in [-0.39, 0.29) is 17.8 Å². The minimum Gasteiger partial charge on any atom is -0.483 e. The van der Waals surface area contributed by atoms with Gasteiger partial charge in [-0.15, -0.1) is 21.5 Å². The summed E-state index contributed by atoms with van der Waals surface area (Å²) in [5, 5.41) is 13.3. The third-order valence-corrected chi connectivity index (χ3v) is 8.09. The SMILES string of the molecule is CCn1c(SCC(=O)Nc2sc3c(c2C(=O)OC)CCCC3)nnc1C(C)Oc1cccc(Cl)c1. The molecule has 8 nitrogen and oxygen atoms in total. The Hall–Kier alpha value is -2.56. The third-order valence-electron chi connectivity index (χ3n) is 5.68. The molecule has 0 aliphatic heterocycles. The molecule has 1 aromatic carbocycles. The first-order chi connectivity index (χ1) is 16.9. The number of nitrogens with zero attached hydrogens (tertiary/aromatic N) is 3. The monoisotopic (exact) mass is 534 g/mol. The number of benzene rings is 1. The summed E-state index contributed by atoms with van der Waals surface area (Å²) in [6.07, 6.45) is 3.52. The van der Waals surface area contributed by atoms with Crippen molar-refractivity contribution in [3.05, 3.63) is 51.1 Å². The van der Waals surface area contributed by atoms with Crippen LogP contribution in [0.2, 0.25) is 5.02 Å². The van der Waals surface area contributed by atoms with Crippen molar-refractivity contribution in [1.82, 2.24) is 14.8 Å². The molecule has 0 radical (unpaired) electrons. The molecule has 1 unspecified atom stereocenters. The van der Waals surface area contributed by atoms with E-state index in [1.54, 1.807) is 12.1 Å². The number of esters is 1. The zero-order chi connectivity index (χ0) is 24.9. The molecule has 11 heteroatoms. The van der Waals surface area contributed by atoms with Gasteiger partial charge in [-0.25, -0.2) is 4.79 Å². The lowest BCUT2D eigenvalue weighted by Crippen LogP contribution is -2.17. The molecular formula is C24H27ClN4O4S2. The number of amides is 1. The Morgan fingerprint density at radius 2 is 2.09 bits per heavy atom. The van der Waals surface area contributed by atoms with E-state index in [1.807, 2.05) is 30.5 Å². The van der Waals surface area contributed by atoms with Gasteiger partial charge in [-0.2, -0.15) is 0 Å². The van der Waals surface area contributed by atoms with Gasteiger partial charge in [0, 0.05) is 16.4 Å². The highest BCUT2D eigenvalue weighted by molar-refractivity contribution is 7.99. The summed E-state index contributed by atoms with van der Waals surface area (Å²) in [4.78, 5) is 26.4. The lowest BCUT2D eigenvalue weighted by molar-refractivity contribution is -0.113. The Morgan fingerprint density at radius 1 is 1.29 bits per heavy atom. The van der Waals surface area contributed by atoms with E-state index in [0.29, 0.717) is 38.9 Å². The third kappa shape index (κ3) is 5.82. The maximum absolute atomic E-state index is 12.8. The van der Waals surface area contributed by atoms with Gasteiger partial charge in [0.15, 0.2) is 17.1 Å². The van der Waals surface area contributed by atoms with Gasteiger partial charge in [-0.3, -0.25) is 4.79 Å². The van der Waals surface area contributed by atoms with Gasteiger partial charge >= 0.3 is 5.97 Å². The number of methoxy groups -OCH3 is 1. The van der Waals surface area contributed by atoms with Gasteiger partial charge in [-0.1, -0.05) is 29.4 Å². The first-order valence-corrected chi connectivity index (χ1v) is 13.6. The molecule has 1 aliphatic carbocycles. The van der Waals surface area contributed by atoms with Crippen molar-refractivity contribution in [2.75, 3.05) is 18.2 Å². The summed E-state index contributed by atoms with van der Waals surface area (Å²) in [5.74, 6) is 0.814. The molecule has 3 aromatic rings. The largest absolute Gasteiger partial charge is 0.483 e. The molecule has 1 N–H and O–H groups in total. The number of carbonyl (C=O) groups is 2. The smallest absolute Gasteiger partial charge is 0.341 e. The molecule has 2 heterocycles. The van der Waals surface area contributed by atoms with Crippen LogP contribution in [0.1, 0.15) is 59.4 Å². The summed E-state index contributed by atoms with van der Waals surface area (Å²) in [6.45, 7) is 4.51. The molecule has 0 saturated heterocycles. The second-order valence-electron chi connectivity index (χ2n) is 8.05. The van der Waals surface area contributed by atoms with Crippen molar-refractivity contribution in [2.24, 2.45) is 0 Å². The first kappa shape index (κ1) is 25.5. The predicted molar refractivity (Wildman–Crippen MR) is 138 cm³/mol. The number of hydrogen-bond donors (Lipinski definition) is 1. The van der Waals surface area contributed by atoms with Crippen LogP contribution in [0.25, 0.3) is 0 Å². The Bertz CT molecular complexity index is 1230. The van der Waals surface area contributed by atoms with Crippen LogP contribution in [-0.4, -0.2) is 39.5 Å². The molecule has 2 aromatic heterocycles. The van der Waals surface area contributed by atoms with Gasteiger partial charge in [0.05, 0.1) is 18.4 Å². The first-order valence-electron chi connectivity index (χ1n) is 11.4. The molecule has 0 saturated carbocycles. The zero-order valence-corrected chi connectivity index (χ0v) is 22.2. The van der Waals surface area contributed by atoms with E-state index < -0.39 is 5.97 Å². The van der Waals surface area contributed by atoms with Crippen LogP contribution >= 0.6 is 34.7 Å². The normalized spacial score (nSPS) is 13.7. The minimum absolute atomic E-state index is 0.130. The second-order valence-corrected chi connectivity index (χ2v) is 10.5. The standard InChI is InChI=1S/C24H27ClN4O4S2/c1-4-29-21(14(2)33-16-9-7-8-15(25)12-16)27-28-24(29)34-13-19(30)26-22-20(23(31)32-3)17-10-5-6-11-18(17)35-22/h7-9,12,14H,4-6,10-11,13H2,1-3H3,(H,26,30). The lowest BCUT2D eigenvalue weighted by atomic mass is 9.95. The van der Waals surface area contributed by atoms with Crippen molar-refractivity contribution in [3.8, 4) is 5.75 Å². The van der Waals surface area contributed by atoms with Gasteiger partial charge < -0.3 is 19.4 Å². The number of hydrogen-bond acceptors (Lipinski definition) is 8. The van der Waals surface area contributed by atoms with E-state index in [2.05, 4.69) is 15.5 Å². The molecule has 0 bridgehead atoms. The van der Waals surface area contributed by atoms with Crippen molar-refractivity contribution in [2.45, 2.75) is 57.3 Å². The number of aryl methyl sites for hydroxylation is 1. The van der Waals surface area contributed by atoms with Crippen molar-refractivity contribution >= 4 is 51.6 Å². The number of anilines is 1. The van der Waals surface area contributed by atoms with Crippen LogP contribution in [-0.2, 0) is 28.9 Å². The van der Waals surface area contributed by atoms with Gasteiger partial charge in [0.1, 0.15) is 10.8 Å². The molecule has 1 amide bonds. The molecule has 4 rings (SSSR count). The lowest BCUT2D eigenvalue weighted by Gasteiger charge is -2.15. The second kappa shape index (κ2) is 11.5. The number of thioether (sulfide) groups is 1. The molecule has 35 heavy (non-hydrogen) atoms. The summed E-state index contributed by atoms with van der Waals surface area (Å²) >= 11 is 8.81. The Morgan fingerprint density at radius 3 is 2.83 bits per heavy atom. The Kier molecular flexibility index (Phi) is 8.35. The van der Waals surface area contributed by atoms with Gasteiger partial charge in [-0.05, 0) is 63.3 Å². The molecule has 0 spiro atoms. The van der Waals surface area contributed by atoms with Gasteiger partial charge in [0.2, 0.25) is 5.91 Å². The van der Waals surface area contributed by atoms with E-state index >= 15 is 0 Å². The van der Waals surface area contributed by atoms with Crippen LogP contribution in [0.4, 0.5) is 5.00 Å². The number of thiophene rings is 1. The number of nitrogens with one attached hydrogen (secondary N) is 1. The van der Waals surface area contributed by atoms with Crippen LogP contribution in [0, 0.1) is 0 Å². The highest BCUT2D eigenvalue weighted by atomic mass is 35.5. The molecule has 1 aliphatic rings. The summed E-state index contributed by atoms with van der Waals surface area (Å²) in [6, 6.07) is 7.19. The van der Waals surface area contributed by atoms with Crippen LogP contribution in [0.5, 0.6) is 5.75 Å². The average molecular weight is 535 g/mol. The summed E-state index contributed by atoms with van der Waals surface area (Å²) in [5.41, 5.74) is 1.51. The molecule has 1 atom stereocenters. The van der Waals surface area contributed by atoms with Crippen molar-refractivity contribution < 1.29 is 19.1 Å². The van der Waals surface area contributed by atoms with E-state index in [4.69, 9.17) is 21.1 Å². The number of carbonyl (C=O) groups excluding carboxylic acids is 2. The molecular weight excluding hydrogens is 508 g/mol. The van der Waals surface area contributed by atoms with Gasteiger partial charge in [0.25, 0.3) is 0 Å². The van der Waals surface area contributed by atoms with E-state index in [1.165, 1.54) is 30.2 Å². The van der Waals surface area contributed by atoms with Crippen molar-refractivity contribution in [1.29, 1.82) is 0 Å². The van der Waals surface area contributed by atoms with Crippen LogP contribution < -0.4 is 10.1 Å². The Labute approximate surface area is 217 Å². The highest BCUT2D eigenvalue weighted by Gasteiger charge is 2.27. The fraction of sp³-hybridized carbons (Fsp3) is 0.417. The predicted octanol–water partition coefficient (Wildman–Crippen LogP) is 5.55. The zero-order valence-electron chi connectivity index (χ0n) is 19.8. The maximum Gasteiger partial charge on any atom is 0.341 e. The quantitative estimate of drug-likeness (QED) is 0.284. The fourth-order valence-corrected chi connectivity index (χ4v) is 6.35. The average Bonchev–Trinajstić information content (AvgIpc) is 3.43. The number of ether oxygens (including phenoxy) is 2. The molecule has 186 valence electrons. The topological polar surface area (TPSA) is 95.3 Å². The number of aromatic nitrogens is 3. The number of rotatable bonds is 9. The summed E-state index contributed by atoms with van der Waals surface area (Å²) in [7, 11) is 1.36. The summed E-state index contributed by atoms with van der Waals surface area (Å²) < 4.78 is 12.9.